The number of pyridine rings is 1. The molecular formula is C22H21N3O4S. The highest BCUT2D eigenvalue weighted by Gasteiger charge is 2.18. The molecule has 1 heterocycles. The van der Waals surface area contributed by atoms with Gasteiger partial charge < -0.3 is 20.1 Å². The van der Waals surface area contributed by atoms with E-state index in [2.05, 4.69) is 15.6 Å². The molecule has 2 N–H and O–H groups in total. The van der Waals surface area contributed by atoms with Crippen molar-refractivity contribution in [3.05, 3.63) is 72.6 Å². The van der Waals surface area contributed by atoms with E-state index in [9.17, 15) is 9.59 Å². The van der Waals surface area contributed by atoms with Gasteiger partial charge in [0, 0.05) is 28.7 Å². The molecule has 0 radical (unpaired) electrons. The summed E-state index contributed by atoms with van der Waals surface area (Å²) in [4.78, 5) is 29.6. The second-order valence-corrected chi connectivity index (χ2v) is 7.14. The van der Waals surface area contributed by atoms with Crippen molar-refractivity contribution >= 4 is 35.0 Å². The Morgan fingerprint density at radius 1 is 0.867 bits per heavy atom. The zero-order chi connectivity index (χ0) is 21.3. The summed E-state index contributed by atoms with van der Waals surface area (Å²) in [5.41, 5.74) is 1.66. The van der Waals surface area contributed by atoms with E-state index in [1.807, 2.05) is 12.1 Å². The summed E-state index contributed by atoms with van der Waals surface area (Å²) < 4.78 is 10.6. The molecule has 0 saturated carbocycles. The minimum Gasteiger partial charge on any atom is -0.496 e. The highest BCUT2D eigenvalue weighted by molar-refractivity contribution is 8.00. The molecule has 0 spiro atoms. The van der Waals surface area contributed by atoms with Gasteiger partial charge in [0.15, 0.2) is 0 Å². The third kappa shape index (κ3) is 5.51. The number of thioether (sulfide) groups is 1. The Kier molecular flexibility index (Phi) is 7.29. The number of aromatic nitrogens is 1. The number of anilines is 2. The summed E-state index contributed by atoms with van der Waals surface area (Å²) in [6, 6.07) is 15.9. The van der Waals surface area contributed by atoms with E-state index in [4.69, 9.17) is 9.47 Å². The van der Waals surface area contributed by atoms with Crippen molar-refractivity contribution in [3.8, 4) is 11.5 Å². The van der Waals surface area contributed by atoms with E-state index in [-0.39, 0.29) is 17.6 Å². The average molecular weight is 423 g/mol. The normalized spacial score (nSPS) is 10.2. The predicted octanol–water partition coefficient (Wildman–Crippen LogP) is 4.08. The predicted molar refractivity (Wildman–Crippen MR) is 118 cm³/mol. The van der Waals surface area contributed by atoms with Crippen LogP contribution in [0, 0.1) is 0 Å². The maximum absolute atomic E-state index is 12.7. The molecule has 0 fully saturated rings. The van der Waals surface area contributed by atoms with Gasteiger partial charge in [0.25, 0.3) is 5.91 Å². The van der Waals surface area contributed by atoms with Gasteiger partial charge in [-0.1, -0.05) is 6.07 Å². The first kappa shape index (κ1) is 21.2. The molecule has 2 amide bonds. The van der Waals surface area contributed by atoms with Crippen LogP contribution in [0.1, 0.15) is 10.4 Å². The number of amides is 2. The molecule has 3 rings (SSSR count). The molecule has 0 aliphatic carbocycles. The molecular weight excluding hydrogens is 402 g/mol. The quantitative estimate of drug-likeness (QED) is 0.531. The number of nitrogens with zero attached hydrogens (tertiary/aromatic N) is 1. The van der Waals surface area contributed by atoms with Crippen molar-refractivity contribution in [2.24, 2.45) is 0 Å². The Bertz CT molecular complexity index is 988. The van der Waals surface area contributed by atoms with Crippen molar-refractivity contribution in [1.82, 2.24) is 4.98 Å². The number of benzene rings is 2. The van der Waals surface area contributed by atoms with Crippen molar-refractivity contribution in [3.63, 3.8) is 0 Å². The lowest BCUT2D eigenvalue weighted by atomic mass is 10.1. The van der Waals surface area contributed by atoms with Crippen LogP contribution >= 0.6 is 11.8 Å². The standard InChI is InChI=1S/C22H21N3O4S/c1-28-18-4-3-5-19(29-2)21(18)22(27)25-15-6-8-17(9-7-15)30-14-20(26)24-16-10-12-23-13-11-16/h3-13H,14H2,1-2H3,(H,25,27)(H,23,24,26). The molecule has 0 aliphatic rings. The molecule has 0 unspecified atom stereocenters. The Morgan fingerprint density at radius 3 is 2.07 bits per heavy atom. The number of rotatable bonds is 8. The van der Waals surface area contributed by atoms with Gasteiger partial charge in [-0.05, 0) is 48.5 Å². The SMILES string of the molecule is COc1cccc(OC)c1C(=O)Nc1ccc(SCC(=O)Nc2ccncc2)cc1. The van der Waals surface area contributed by atoms with Crippen molar-refractivity contribution in [2.75, 3.05) is 30.6 Å². The second-order valence-electron chi connectivity index (χ2n) is 6.09. The molecule has 0 aliphatic heterocycles. The van der Waals surface area contributed by atoms with Crippen molar-refractivity contribution < 1.29 is 19.1 Å². The molecule has 0 bridgehead atoms. The number of hydrogen-bond donors (Lipinski definition) is 2. The fraction of sp³-hybridized carbons (Fsp3) is 0.136. The smallest absolute Gasteiger partial charge is 0.263 e. The third-order valence-corrected chi connectivity index (χ3v) is 5.11. The first-order chi connectivity index (χ1) is 14.6. The first-order valence-corrected chi connectivity index (χ1v) is 10.0. The maximum Gasteiger partial charge on any atom is 0.263 e. The fourth-order valence-electron chi connectivity index (χ4n) is 2.68. The molecule has 154 valence electrons. The zero-order valence-electron chi connectivity index (χ0n) is 16.5. The van der Waals surface area contributed by atoms with Crippen LogP contribution in [0.15, 0.2) is 71.9 Å². The Balaban J connectivity index is 1.58. The molecule has 1 aromatic heterocycles. The Morgan fingerprint density at radius 2 is 1.47 bits per heavy atom. The Hall–Kier alpha value is -3.52. The molecule has 3 aromatic rings. The van der Waals surface area contributed by atoms with Gasteiger partial charge >= 0.3 is 0 Å². The molecule has 8 heteroatoms. The Labute approximate surface area is 178 Å². The zero-order valence-corrected chi connectivity index (χ0v) is 17.4. The summed E-state index contributed by atoms with van der Waals surface area (Å²) in [7, 11) is 3.00. The lowest BCUT2D eigenvalue weighted by molar-refractivity contribution is -0.113. The van der Waals surface area contributed by atoms with Crippen LogP contribution in [0.2, 0.25) is 0 Å². The van der Waals surface area contributed by atoms with Crippen LogP contribution in [0.4, 0.5) is 11.4 Å². The molecule has 0 atom stereocenters. The number of hydrogen-bond acceptors (Lipinski definition) is 6. The van der Waals surface area contributed by atoms with Gasteiger partial charge in [0.1, 0.15) is 17.1 Å². The monoisotopic (exact) mass is 423 g/mol. The molecule has 2 aromatic carbocycles. The van der Waals surface area contributed by atoms with E-state index in [0.29, 0.717) is 28.4 Å². The van der Waals surface area contributed by atoms with E-state index in [0.717, 1.165) is 4.90 Å². The van der Waals surface area contributed by atoms with Crippen LogP contribution in [0.5, 0.6) is 11.5 Å². The number of carbonyl (C=O) groups is 2. The number of carbonyl (C=O) groups excluding carboxylic acids is 2. The molecule has 7 nitrogen and oxygen atoms in total. The first-order valence-electron chi connectivity index (χ1n) is 9.06. The van der Waals surface area contributed by atoms with E-state index in [1.165, 1.54) is 26.0 Å². The topological polar surface area (TPSA) is 89.5 Å². The van der Waals surface area contributed by atoms with Gasteiger partial charge in [-0.3, -0.25) is 14.6 Å². The number of ether oxygens (including phenoxy) is 2. The lowest BCUT2D eigenvalue weighted by Gasteiger charge is -2.13. The largest absolute Gasteiger partial charge is 0.496 e. The van der Waals surface area contributed by atoms with E-state index < -0.39 is 0 Å². The van der Waals surface area contributed by atoms with Gasteiger partial charge in [-0.25, -0.2) is 0 Å². The van der Waals surface area contributed by atoms with Crippen molar-refractivity contribution in [2.45, 2.75) is 4.90 Å². The van der Waals surface area contributed by atoms with Gasteiger partial charge in [-0.2, -0.15) is 0 Å². The van der Waals surface area contributed by atoms with Crippen LogP contribution in [0.25, 0.3) is 0 Å². The second kappa shape index (κ2) is 10.3. The molecule has 30 heavy (non-hydrogen) atoms. The maximum atomic E-state index is 12.7. The third-order valence-electron chi connectivity index (χ3n) is 4.10. The van der Waals surface area contributed by atoms with Gasteiger partial charge in [0.05, 0.1) is 20.0 Å². The number of nitrogens with one attached hydrogen (secondary N) is 2. The van der Waals surface area contributed by atoms with Crippen LogP contribution in [0.3, 0.4) is 0 Å². The summed E-state index contributed by atoms with van der Waals surface area (Å²) >= 11 is 1.40. The van der Waals surface area contributed by atoms with Crippen LogP contribution < -0.4 is 20.1 Å². The minimum atomic E-state index is -0.332. The van der Waals surface area contributed by atoms with Crippen LogP contribution in [-0.4, -0.2) is 36.8 Å². The van der Waals surface area contributed by atoms with Crippen molar-refractivity contribution in [1.29, 1.82) is 0 Å². The fourth-order valence-corrected chi connectivity index (χ4v) is 3.38. The van der Waals surface area contributed by atoms with E-state index >= 15 is 0 Å². The number of methoxy groups -OCH3 is 2. The summed E-state index contributed by atoms with van der Waals surface area (Å²) in [6.45, 7) is 0. The lowest BCUT2D eigenvalue weighted by Crippen LogP contribution is -2.14. The highest BCUT2D eigenvalue weighted by atomic mass is 32.2. The summed E-state index contributed by atoms with van der Waals surface area (Å²) in [5.74, 6) is 0.693. The van der Waals surface area contributed by atoms with Gasteiger partial charge in [0.2, 0.25) is 5.91 Å². The van der Waals surface area contributed by atoms with E-state index in [1.54, 1.807) is 54.9 Å². The average Bonchev–Trinajstić information content (AvgIpc) is 2.78. The summed E-state index contributed by atoms with van der Waals surface area (Å²) in [6.07, 6.45) is 3.24. The van der Waals surface area contributed by atoms with Crippen LogP contribution in [-0.2, 0) is 4.79 Å². The summed E-state index contributed by atoms with van der Waals surface area (Å²) in [5, 5.41) is 5.65. The minimum absolute atomic E-state index is 0.105. The van der Waals surface area contributed by atoms with Gasteiger partial charge in [-0.15, -0.1) is 11.8 Å². The molecule has 0 saturated heterocycles. The highest BCUT2D eigenvalue weighted by Crippen LogP contribution is 2.29.